The summed E-state index contributed by atoms with van der Waals surface area (Å²) in [7, 11) is -3.80. The lowest BCUT2D eigenvalue weighted by atomic mass is 10.1. The number of thiazole rings is 1. The van der Waals surface area contributed by atoms with Gasteiger partial charge in [0.25, 0.3) is 0 Å². The van der Waals surface area contributed by atoms with Gasteiger partial charge >= 0.3 is 0 Å². The number of nitrogens with one attached hydrogen (secondary N) is 1. The molecule has 8 nitrogen and oxygen atoms in total. The molecule has 1 aliphatic heterocycles. The highest BCUT2D eigenvalue weighted by molar-refractivity contribution is 7.89. The van der Waals surface area contributed by atoms with E-state index in [0.29, 0.717) is 29.4 Å². The van der Waals surface area contributed by atoms with Gasteiger partial charge in [0.05, 0.1) is 23.1 Å². The number of hydrogen-bond acceptors (Lipinski definition) is 6. The third-order valence-corrected chi connectivity index (χ3v) is 6.07. The zero-order valence-corrected chi connectivity index (χ0v) is 16.3. The Bertz CT molecular complexity index is 971. The molecule has 2 heterocycles. The maximum atomic E-state index is 12.3. The molecule has 0 saturated carbocycles. The van der Waals surface area contributed by atoms with Crippen molar-refractivity contribution < 1.29 is 18.0 Å². The van der Waals surface area contributed by atoms with Gasteiger partial charge in [-0.2, -0.15) is 0 Å². The van der Waals surface area contributed by atoms with Crippen molar-refractivity contribution in [2.24, 2.45) is 5.14 Å². The maximum Gasteiger partial charge on any atom is 0.238 e. The molecule has 10 heteroatoms. The number of hydrogen-bond donors (Lipinski definition) is 2. The van der Waals surface area contributed by atoms with Crippen LogP contribution in [0.5, 0.6) is 0 Å². The van der Waals surface area contributed by atoms with Crippen molar-refractivity contribution in [3.63, 3.8) is 0 Å². The predicted molar refractivity (Wildman–Crippen MR) is 102 cm³/mol. The summed E-state index contributed by atoms with van der Waals surface area (Å²) in [5, 5.41) is 10.4. The zero-order valence-electron chi connectivity index (χ0n) is 14.7. The fourth-order valence-electron chi connectivity index (χ4n) is 2.85. The lowest BCUT2D eigenvalue weighted by molar-refractivity contribution is -0.121. The first kappa shape index (κ1) is 19.5. The van der Waals surface area contributed by atoms with Crippen molar-refractivity contribution in [3.8, 4) is 0 Å². The van der Waals surface area contributed by atoms with Crippen molar-refractivity contribution in [1.29, 1.82) is 0 Å². The molecule has 1 aromatic carbocycles. The maximum absolute atomic E-state index is 12.3. The summed E-state index contributed by atoms with van der Waals surface area (Å²) >= 11 is 1.35. The van der Waals surface area contributed by atoms with Gasteiger partial charge in [-0.15, -0.1) is 11.3 Å². The highest BCUT2D eigenvalue weighted by atomic mass is 32.2. The highest BCUT2D eigenvalue weighted by Gasteiger charge is 2.24. The highest BCUT2D eigenvalue weighted by Crippen LogP contribution is 2.25. The topological polar surface area (TPSA) is 122 Å². The van der Waals surface area contributed by atoms with Gasteiger partial charge in [0.1, 0.15) is 0 Å². The standard InChI is InChI=1S/C17H20N4O4S2/c1-11(12-4-2-5-14(8-12)27(18,24)25)19-15(22)9-13-10-26-17(20-13)21-7-3-6-16(21)23/h2,4-5,8,10-11H,3,6-7,9H2,1H3,(H,19,22)(H2,18,24,25). The molecule has 27 heavy (non-hydrogen) atoms. The van der Waals surface area contributed by atoms with Gasteiger partial charge in [0.15, 0.2) is 5.13 Å². The van der Waals surface area contributed by atoms with Crippen LogP contribution in [0.1, 0.15) is 37.1 Å². The minimum atomic E-state index is -3.80. The second kappa shape index (κ2) is 7.75. The van der Waals surface area contributed by atoms with Gasteiger partial charge in [0.2, 0.25) is 21.8 Å². The smallest absolute Gasteiger partial charge is 0.238 e. The van der Waals surface area contributed by atoms with Crippen molar-refractivity contribution >= 4 is 38.3 Å². The summed E-state index contributed by atoms with van der Waals surface area (Å²) in [6.07, 6.45) is 1.44. The number of aromatic nitrogens is 1. The molecule has 2 aromatic rings. The number of nitrogens with zero attached hydrogens (tertiary/aromatic N) is 2. The first-order chi connectivity index (χ1) is 12.7. The molecule has 144 valence electrons. The van der Waals surface area contributed by atoms with E-state index in [9.17, 15) is 18.0 Å². The average Bonchev–Trinajstić information content (AvgIpc) is 3.22. The van der Waals surface area contributed by atoms with Crippen LogP contribution in [0.25, 0.3) is 0 Å². The number of primary sulfonamides is 1. The van der Waals surface area contributed by atoms with Crippen molar-refractivity contribution in [2.75, 3.05) is 11.4 Å². The van der Waals surface area contributed by atoms with E-state index >= 15 is 0 Å². The Morgan fingerprint density at radius 1 is 1.44 bits per heavy atom. The molecular weight excluding hydrogens is 388 g/mol. The minimum absolute atomic E-state index is 0.000484. The van der Waals surface area contributed by atoms with Crippen LogP contribution in [0.15, 0.2) is 34.5 Å². The fourth-order valence-corrected chi connectivity index (χ4v) is 4.29. The predicted octanol–water partition coefficient (Wildman–Crippen LogP) is 1.34. The largest absolute Gasteiger partial charge is 0.349 e. The molecule has 0 spiro atoms. The first-order valence-corrected chi connectivity index (χ1v) is 10.8. The second-order valence-corrected chi connectivity index (χ2v) is 8.75. The fraction of sp³-hybridized carbons (Fsp3) is 0.353. The quantitative estimate of drug-likeness (QED) is 0.747. The molecule has 0 radical (unpaired) electrons. The van der Waals surface area contributed by atoms with E-state index in [2.05, 4.69) is 10.3 Å². The van der Waals surface area contributed by atoms with Gasteiger partial charge in [-0.05, 0) is 31.0 Å². The SMILES string of the molecule is CC(NC(=O)Cc1csc(N2CCCC2=O)n1)c1cccc(S(N)(=O)=O)c1. The van der Waals surface area contributed by atoms with Crippen LogP contribution in [0.4, 0.5) is 5.13 Å². The van der Waals surface area contributed by atoms with E-state index in [-0.39, 0.29) is 23.1 Å². The Hall–Kier alpha value is -2.30. The Labute approximate surface area is 161 Å². The molecule has 0 bridgehead atoms. The zero-order chi connectivity index (χ0) is 19.6. The molecule has 2 amide bonds. The van der Waals surface area contributed by atoms with Gasteiger partial charge < -0.3 is 5.32 Å². The van der Waals surface area contributed by atoms with E-state index < -0.39 is 16.1 Å². The van der Waals surface area contributed by atoms with Crippen LogP contribution in [0.3, 0.4) is 0 Å². The normalized spacial score (nSPS) is 15.8. The van der Waals surface area contributed by atoms with Crippen LogP contribution < -0.4 is 15.4 Å². The first-order valence-electron chi connectivity index (χ1n) is 8.41. The van der Waals surface area contributed by atoms with Crippen molar-refractivity contribution in [2.45, 2.75) is 37.1 Å². The summed E-state index contributed by atoms with van der Waals surface area (Å²) in [6.45, 7) is 2.42. The molecule has 3 N–H and O–H groups in total. The number of nitrogens with two attached hydrogens (primary N) is 1. The van der Waals surface area contributed by atoms with Crippen LogP contribution in [0.2, 0.25) is 0 Å². The number of sulfonamides is 1. The lowest BCUT2D eigenvalue weighted by Crippen LogP contribution is -2.28. The summed E-state index contributed by atoms with van der Waals surface area (Å²) < 4.78 is 22.9. The Morgan fingerprint density at radius 2 is 2.22 bits per heavy atom. The average molecular weight is 409 g/mol. The molecule has 1 unspecified atom stereocenters. The number of anilines is 1. The molecular formula is C17H20N4O4S2. The monoisotopic (exact) mass is 408 g/mol. The summed E-state index contributed by atoms with van der Waals surface area (Å²) in [6, 6.07) is 5.76. The molecule has 1 aromatic heterocycles. The third-order valence-electron chi connectivity index (χ3n) is 4.25. The second-order valence-electron chi connectivity index (χ2n) is 6.35. The number of benzene rings is 1. The van der Waals surface area contributed by atoms with Crippen LogP contribution in [-0.2, 0) is 26.0 Å². The van der Waals surface area contributed by atoms with E-state index in [4.69, 9.17) is 5.14 Å². The van der Waals surface area contributed by atoms with E-state index in [1.165, 1.54) is 23.5 Å². The Kier molecular flexibility index (Phi) is 5.59. The van der Waals surface area contributed by atoms with Crippen LogP contribution in [0, 0.1) is 0 Å². The Morgan fingerprint density at radius 3 is 2.89 bits per heavy atom. The van der Waals surface area contributed by atoms with E-state index in [1.807, 2.05) is 0 Å². The van der Waals surface area contributed by atoms with Crippen LogP contribution in [-0.4, -0.2) is 31.8 Å². The molecule has 1 atom stereocenters. The van der Waals surface area contributed by atoms with Crippen molar-refractivity contribution in [3.05, 3.63) is 40.9 Å². The summed E-state index contributed by atoms with van der Waals surface area (Å²) in [5.41, 5.74) is 1.23. The van der Waals surface area contributed by atoms with Gasteiger partial charge in [-0.25, -0.2) is 18.5 Å². The number of carbonyl (C=O) groups is 2. The lowest BCUT2D eigenvalue weighted by Gasteiger charge is -2.15. The van der Waals surface area contributed by atoms with E-state index in [0.717, 1.165) is 6.42 Å². The van der Waals surface area contributed by atoms with Gasteiger partial charge in [-0.3, -0.25) is 14.5 Å². The Balaban J connectivity index is 1.62. The molecule has 1 fully saturated rings. The van der Waals surface area contributed by atoms with E-state index in [1.54, 1.807) is 29.3 Å². The molecule has 3 rings (SSSR count). The minimum Gasteiger partial charge on any atom is -0.349 e. The van der Waals surface area contributed by atoms with Crippen LogP contribution >= 0.6 is 11.3 Å². The molecule has 0 aliphatic carbocycles. The summed E-state index contributed by atoms with van der Waals surface area (Å²) in [4.78, 5) is 30.1. The van der Waals surface area contributed by atoms with Gasteiger partial charge in [0, 0.05) is 18.3 Å². The number of carbonyl (C=O) groups excluding carboxylic acids is 2. The van der Waals surface area contributed by atoms with Crippen molar-refractivity contribution in [1.82, 2.24) is 10.3 Å². The number of amides is 2. The molecule has 1 saturated heterocycles. The molecule has 1 aliphatic rings. The number of rotatable bonds is 6. The van der Waals surface area contributed by atoms with Gasteiger partial charge in [-0.1, -0.05) is 12.1 Å². The third kappa shape index (κ3) is 4.71. The summed E-state index contributed by atoms with van der Waals surface area (Å²) in [5.74, 6) is -0.184.